The molecule has 0 saturated heterocycles. The van der Waals surface area contributed by atoms with Crippen LogP contribution in [0.3, 0.4) is 0 Å². The third kappa shape index (κ3) is 3.79. The zero-order chi connectivity index (χ0) is 20.4. The largest absolute Gasteiger partial charge is 0.493 e. The van der Waals surface area contributed by atoms with Crippen molar-refractivity contribution in [3.05, 3.63) is 59.4 Å². The van der Waals surface area contributed by atoms with Crippen LogP contribution < -0.4 is 9.47 Å². The molecule has 0 saturated carbocycles. The molecular weight excluding hydrogens is 390 g/mol. The van der Waals surface area contributed by atoms with Crippen LogP contribution in [0.5, 0.6) is 11.5 Å². The Hall–Kier alpha value is -3.39. The van der Waals surface area contributed by atoms with Crippen molar-refractivity contribution < 1.29 is 19.0 Å². The van der Waals surface area contributed by atoms with Gasteiger partial charge in [0, 0.05) is 10.9 Å². The summed E-state index contributed by atoms with van der Waals surface area (Å²) >= 11 is 1.36. The smallest absolute Gasteiger partial charge is 0.358 e. The minimum absolute atomic E-state index is 0.253. The average molecular weight is 409 g/mol. The fourth-order valence-electron chi connectivity index (χ4n) is 2.91. The zero-order valence-electron chi connectivity index (χ0n) is 16.1. The molecular formula is C21H19N3O4S. The Morgan fingerprint density at radius 2 is 1.86 bits per heavy atom. The molecule has 2 aromatic heterocycles. The Labute approximate surface area is 171 Å². The van der Waals surface area contributed by atoms with Crippen LogP contribution in [0.4, 0.5) is 0 Å². The summed E-state index contributed by atoms with van der Waals surface area (Å²) in [6, 6.07) is 13.2. The van der Waals surface area contributed by atoms with Crippen molar-refractivity contribution in [2.75, 3.05) is 14.2 Å². The number of hydrogen-bond acceptors (Lipinski definition) is 7. The van der Waals surface area contributed by atoms with Crippen LogP contribution in [-0.2, 0) is 4.74 Å². The Morgan fingerprint density at radius 3 is 2.62 bits per heavy atom. The van der Waals surface area contributed by atoms with Gasteiger partial charge in [-0.2, -0.15) is 0 Å². The number of rotatable bonds is 6. The predicted octanol–water partition coefficient (Wildman–Crippen LogP) is 4.62. The molecule has 4 aromatic rings. The summed E-state index contributed by atoms with van der Waals surface area (Å²) in [6.07, 6.45) is -0.527. The summed E-state index contributed by atoms with van der Waals surface area (Å²) in [6.45, 7) is 1.78. The third-order valence-corrected chi connectivity index (χ3v) is 5.31. The standard InChI is InChI=1S/C21H19N3O4S/c1-12(19-22-14-6-4-5-7-15(14)23-19)28-21(25)16-11-29-20(24-16)13-8-9-17(26-2)18(10-13)27-3/h4-12H,1-3H3,(H,22,23). The summed E-state index contributed by atoms with van der Waals surface area (Å²) in [5, 5.41) is 2.37. The maximum Gasteiger partial charge on any atom is 0.358 e. The van der Waals surface area contributed by atoms with Crippen molar-refractivity contribution in [1.29, 1.82) is 0 Å². The number of carbonyl (C=O) groups is 1. The number of esters is 1. The fourth-order valence-corrected chi connectivity index (χ4v) is 3.70. The van der Waals surface area contributed by atoms with E-state index >= 15 is 0 Å². The Morgan fingerprint density at radius 1 is 1.07 bits per heavy atom. The fraction of sp³-hybridized carbons (Fsp3) is 0.190. The highest BCUT2D eigenvalue weighted by atomic mass is 32.1. The normalized spacial score (nSPS) is 12.0. The molecule has 8 heteroatoms. The number of para-hydroxylation sites is 2. The van der Waals surface area contributed by atoms with E-state index in [-0.39, 0.29) is 5.69 Å². The molecule has 0 radical (unpaired) electrons. The van der Waals surface area contributed by atoms with E-state index < -0.39 is 12.1 Å². The second-order valence-corrected chi connectivity index (χ2v) is 7.15. The summed E-state index contributed by atoms with van der Waals surface area (Å²) < 4.78 is 16.1. The molecule has 1 unspecified atom stereocenters. The van der Waals surface area contributed by atoms with Gasteiger partial charge < -0.3 is 19.2 Å². The third-order valence-electron chi connectivity index (χ3n) is 4.42. The van der Waals surface area contributed by atoms with Crippen molar-refractivity contribution in [2.45, 2.75) is 13.0 Å². The highest BCUT2D eigenvalue weighted by Crippen LogP contribution is 2.33. The average Bonchev–Trinajstić information content (AvgIpc) is 3.40. The number of methoxy groups -OCH3 is 2. The van der Waals surface area contributed by atoms with Crippen molar-refractivity contribution in [2.24, 2.45) is 0 Å². The topological polar surface area (TPSA) is 86.3 Å². The van der Waals surface area contributed by atoms with Crippen LogP contribution in [-0.4, -0.2) is 35.1 Å². The van der Waals surface area contributed by atoms with Gasteiger partial charge in [-0.25, -0.2) is 14.8 Å². The van der Waals surface area contributed by atoms with Gasteiger partial charge in [0.05, 0.1) is 25.3 Å². The van der Waals surface area contributed by atoms with Crippen molar-refractivity contribution in [1.82, 2.24) is 15.0 Å². The summed E-state index contributed by atoms with van der Waals surface area (Å²) in [5.74, 6) is 1.32. The molecule has 0 aliphatic rings. The molecule has 0 amide bonds. The number of nitrogens with one attached hydrogen (secondary N) is 1. The first-order valence-corrected chi connectivity index (χ1v) is 9.80. The van der Waals surface area contributed by atoms with Gasteiger partial charge in [-0.3, -0.25) is 0 Å². The van der Waals surface area contributed by atoms with Gasteiger partial charge in [0.25, 0.3) is 0 Å². The number of nitrogens with zero attached hydrogens (tertiary/aromatic N) is 2. The molecule has 0 spiro atoms. The van der Waals surface area contributed by atoms with Gasteiger partial charge in [0.2, 0.25) is 0 Å². The van der Waals surface area contributed by atoms with E-state index in [9.17, 15) is 4.79 Å². The van der Waals surface area contributed by atoms with Crippen LogP contribution in [0.1, 0.15) is 29.3 Å². The number of benzene rings is 2. The number of aromatic nitrogens is 3. The highest BCUT2D eigenvalue weighted by molar-refractivity contribution is 7.13. The maximum atomic E-state index is 12.5. The second kappa shape index (κ2) is 7.92. The van der Waals surface area contributed by atoms with Gasteiger partial charge in [-0.05, 0) is 37.3 Å². The molecule has 0 bridgehead atoms. The van der Waals surface area contributed by atoms with Crippen molar-refractivity contribution >= 4 is 28.3 Å². The first-order chi connectivity index (χ1) is 14.1. The number of hydrogen-bond donors (Lipinski definition) is 1. The summed E-state index contributed by atoms with van der Waals surface area (Å²) in [4.78, 5) is 24.6. The first kappa shape index (κ1) is 18.9. The Bertz CT molecular complexity index is 1130. The van der Waals surface area contributed by atoms with Crippen LogP contribution >= 0.6 is 11.3 Å². The van der Waals surface area contributed by atoms with E-state index in [1.165, 1.54) is 11.3 Å². The number of carbonyl (C=O) groups excluding carboxylic acids is 1. The zero-order valence-corrected chi connectivity index (χ0v) is 16.9. The Balaban J connectivity index is 1.51. The molecule has 0 aliphatic carbocycles. The van der Waals surface area contributed by atoms with E-state index in [1.54, 1.807) is 32.6 Å². The van der Waals surface area contributed by atoms with E-state index in [1.807, 2.05) is 36.4 Å². The molecule has 0 fully saturated rings. The van der Waals surface area contributed by atoms with Gasteiger partial charge in [-0.15, -0.1) is 11.3 Å². The molecule has 29 heavy (non-hydrogen) atoms. The monoisotopic (exact) mass is 409 g/mol. The predicted molar refractivity (Wildman–Crippen MR) is 111 cm³/mol. The quantitative estimate of drug-likeness (QED) is 0.468. The van der Waals surface area contributed by atoms with Gasteiger partial charge in [0.15, 0.2) is 23.3 Å². The molecule has 2 aromatic carbocycles. The molecule has 1 atom stereocenters. The van der Waals surface area contributed by atoms with Crippen LogP contribution in [0.15, 0.2) is 47.8 Å². The summed E-state index contributed by atoms with van der Waals surface area (Å²) in [5.41, 5.74) is 2.81. The van der Waals surface area contributed by atoms with Gasteiger partial charge in [-0.1, -0.05) is 12.1 Å². The number of ether oxygens (including phenoxy) is 3. The minimum Gasteiger partial charge on any atom is -0.493 e. The lowest BCUT2D eigenvalue weighted by Gasteiger charge is -2.09. The van der Waals surface area contributed by atoms with Crippen molar-refractivity contribution in [3.63, 3.8) is 0 Å². The second-order valence-electron chi connectivity index (χ2n) is 6.29. The van der Waals surface area contributed by atoms with Crippen LogP contribution in [0.2, 0.25) is 0 Å². The Kier molecular flexibility index (Phi) is 5.18. The SMILES string of the molecule is COc1ccc(-c2nc(C(=O)OC(C)c3nc4ccccc4[nH]3)cs2)cc1OC. The number of fused-ring (bicyclic) bond motifs is 1. The van der Waals surface area contributed by atoms with Gasteiger partial charge in [0.1, 0.15) is 10.8 Å². The van der Waals surface area contributed by atoms with E-state index in [0.29, 0.717) is 22.3 Å². The molecule has 0 aliphatic heterocycles. The van der Waals surface area contributed by atoms with Crippen LogP contribution in [0.25, 0.3) is 21.6 Å². The van der Waals surface area contributed by atoms with E-state index in [4.69, 9.17) is 14.2 Å². The minimum atomic E-state index is -0.527. The van der Waals surface area contributed by atoms with Gasteiger partial charge >= 0.3 is 5.97 Å². The molecule has 7 nitrogen and oxygen atoms in total. The maximum absolute atomic E-state index is 12.5. The molecule has 148 valence electrons. The summed E-state index contributed by atoms with van der Waals surface area (Å²) in [7, 11) is 3.16. The molecule has 1 N–H and O–H groups in total. The first-order valence-electron chi connectivity index (χ1n) is 8.92. The number of thiazole rings is 1. The highest BCUT2D eigenvalue weighted by Gasteiger charge is 2.20. The number of imidazole rings is 1. The molecule has 2 heterocycles. The lowest BCUT2D eigenvalue weighted by molar-refractivity contribution is 0.0316. The molecule has 4 rings (SSSR count). The van der Waals surface area contributed by atoms with E-state index in [0.717, 1.165) is 16.6 Å². The van der Waals surface area contributed by atoms with Crippen molar-refractivity contribution in [3.8, 4) is 22.1 Å². The lowest BCUT2D eigenvalue weighted by atomic mass is 10.2. The number of H-pyrrole nitrogens is 1. The lowest BCUT2D eigenvalue weighted by Crippen LogP contribution is -2.10. The van der Waals surface area contributed by atoms with E-state index in [2.05, 4.69) is 15.0 Å². The van der Waals surface area contributed by atoms with Crippen LogP contribution in [0, 0.1) is 0 Å². The number of aromatic amines is 1.